The van der Waals surface area contributed by atoms with Crippen LogP contribution in [0.25, 0.3) is 0 Å². The Bertz CT molecular complexity index is 113. The van der Waals surface area contributed by atoms with Crippen LogP contribution in [0.1, 0.15) is 67.2 Å². The normalized spacial score (nSPS) is 10.7. The molecule has 0 atom stereocenters. The van der Waals surface area contributed by atoms with Gasteiger partial charge in [-0.05, 0) is 52.1 Å². The largest absolute Gasteiger partial charge is 0.304 e. The summed E-state index contributed by atoms with van der Waals surface area (Å²) in [4.78, 5) is 4.92. The Morgan fingerprint density at radius 3 is 0.944 bits per heavy atom. The third kappa shape index (κ3) is 14.0. The van der Waals surface area contributed by atoms with Crippen LogP contribution < -0.4 is 0 Å². The molecule has 0 fully saturated rings. The molecule has 0 spiro atoms. The van der Waals surface area contributed by atoms with Crippen LogP contribution >= 0.6 is 0 Å². The van der Waals surface area contributed by atoms with E-state index < -0.39 is 0 Å². The van der Waals surface area contributed by atoms with Crippen LogP contribution in [0, 0.1) is 0 Å². The second-order valence-corrected chi connectivity index (χ2v) is 4.76. The lowest BCUT2D eigenvalue weighted by molar-refractivity contribution is 0.299. The smallest absolute Gasteiger partial charge is 0.00191 e. The van der Waals surface area contributed by atoms with Gasteiger partial charge in [0.1, 0.15) is 0 Å². The minimum Gasteiger partial charge on any atom is -0.304 e. The van der Waals surface area contributed by atoms with Crippen molar-refractivity contribution in [3.05, 3.63) is 0 Å². The van der Waals surface area contributed by atoms with Crippen LogP contribution in [0.3, 0.4) is 0 Å². The Morgan fingerprint density at radius 2 is 0.778 bits per heavy atom. The van der Waals surface area contributed by atoms with E-state index >= 15 is 0 Å². The van der Waals surface area contributed by atoms with Crippen molar-refractivity contribution in [3.63, 3.8) is 0 Å². The highest BCUT2D eigenvalue weighted by Gasteiger charge is 1.95. The topological polar surface area (TPSA) is 6.48 Å². The van der Waals surface area contributed by atoms with Gasteiger partial charge < -0.3 is 9.80 Å². The van der Waals surface area contributed by atoms with Crippen molar-refractivity contribution < 1.29 is 0 Å². The third-order valence-corrected chi connectivity index (χ3v) is 3.44. The standard InChI is InChI=1S/2C8H19N/c2*1-4-7-8-9(5-2)6-3/h2*4-8H2,1-3H3. The van der Waals surface area contributed by atoms with E-state index in [1.165, 1.54) is 65.0 Å². The van der Waals surface area contributed by atoms with E-state index in [1.54, 1.807) is 0 Å². The molecule has 0 saturated carbocycles. The van der Waals surface area contributed by atoms with Crippen molar-refractivity contribution >= 4 is 0 Å². The minimum absolute atomic E-state index is 1.20. The molecule has 0 aliphatic heterocycles. The summed E-state index contributed by atoms with van der Waals surface area (Å²) in [6, 6.07) is 0. The van der Waals surface area contributed by atoms with E-state index in [0.717, 1.165) is 0 Å². The predicted molar refractivity (Wildman–Crippen MR) is 85.4 cm³/mol. The van der Waals surface area contributed by atoms with Gasteiger partial charge in [0.15, 0.2) is 0 Å². The number of rotatable bonds is 10. The molecule has 18 heavy (non-hydrogen) atoms. The summed E-state index contributed by atoms with van der Waals surface area (Å²) in [6.07, 6.45) is 5.33. The summed E-state index contributed by atoms with van der Waals surface area (Å²) in [5.41, 5.74) is 0. The summed E-state index contributed by atoms with van der Waals surface area (Å²) in [6.45, 7) is 20.7. The Kier molecular flexibility index (Phi) is 19.0. The second kappa shape index (κ2) is 16.9. The van der Waals surface area contributed by atoms with Crippen LogP contribution in [0.4, 0.5) is 0 Å². The Labute approximate surface area is 117 Å². The maximum Gasteiger partial charge on any atom is -0.00191 e. The number of nitrogens with zero attached hydrogens (tertiary/aromatic N) is 2. The van der Waals surface area contributed by atoms with Gasteiger partial charge in [-0.1, -0.05) is 54.4 Å². The van der Waals surface area contributed by atoms with Crippen molar-refractivity contribution in [1.82, 2.24) is 9.80 Å². The van der Waals surface area contributed by atoms with E-state index in [4.69, 9.17) is 0 Å². The van der Waals surface area contributed by atoms with E-state index in [1.807, 2.05) is 0 Å². The Hall–Kier alpha value is -0.0800. The first kappa shape index (κ1) is 20.2. The molecule has 0 amide bonds. The maximum atomic E-state index is 2.46. The molecule has 0 radical (unpaired) electrons. The van der Waals surface area contributed by atoms with E-state index in [9.17, 15) is 0 Å². The van der Waals surface area contributed by atoms with Gasteiger partial charge in [-0.25, -0.2) is 0 Å². The van der Waals surface area contributed by atoms with E-state index in [0.29, 0.717) is 0 Å². The first-order valence-electron chi connectivity index (χ1n) is 8.14. The van der Waals surface area contributed by atoms with Gasteiger partial charge in [-0.15, -0.1) is 0 Å². The van der Waals surface area contributed by atoms with Crippen LogP contribution in [0.15, 0.2) is 0 Å². The van der Waals surface area contributed by atoms with Crippen LogP contribution in [0.2, 0.25) is 0 Å². The van der Waals surface area contributed by atoms with E-state index in [-0.39, 0.29) is 0 Å². The lowest BCUT2D eigenvalue weighted by Gasteiger charge is -2.16. The molecule has 0 bridgehead atoms. The first-order chi connectivity index (χ1) is 8.69. The zero-order valence-electron chi connectivity index (χ0n) is 14.0. The molecule has 0 aromatic carbocycles. The summed E-state index contributed by atoms with van der Waals surface area (Å²) in [7, 11) is 0. The molecule has 0 aliphatic carbocycles. The molecule has 0 saturated heterocycles. The summed E-state index contributed by atoms with van der Waals surface area (Å²) in [5, 5.41) is 0. The Morgan fingerprint density at radius 1 is 0.500 bits per heavy atom. The molecule has 2 heteroatoms. The molecule has 2 nitrogen and oxygen atoms in total. The fourth-order valence-corrected chi connectivity index (χ4v) is 1.84. The molecular formula is C16H38N2. The van der Waals surface area contributed by atoms with Gasteiger partial charge in [0, 0.05) is 0 Å². The first-order valence-corrected chi connectivity index (χ1v) is 8.14. The fourth-order valence-electron chi connectivity index (χ4n) is 1.84. The van der Waals surface area contributed by atoms with Crippen molar-refractivity contribution in [2.24, 2.45) is 0 Å². The highest BCUT2D eigenvalue weighted by atomic mass is 15.1. The SMILES string of the molecule is CCCCN(CC)CC.CCCCN(CC)CC. The summed E-state index contributed by atoms with van der Waals surface area (Å²) in [5.74, 6) is 0. The molecule has 0 unspecified atom stereocenters. The molecule has 0 rings (SSSR count). The van der Waals surface area contributed by atoms with Crippen LogP contribution in [-0.2, 0) is 0 Å². The van der Waals surface area contributed by atoms with Gasteiger partial charge in [0.25, 0.3) is 0 Å². The van der Waals surface area contributed by atoms with Gasteiger partial charge >= 0.3 is 0 Å². The summed E-state index contributed by atoms with van der Waals surface area (Å²) >= 11 is 0. The quantitative estimate of drug-likeness (QED) is 0.578. The zero-order chi connectivity index (χ0) is 14.2. The highest BCUT2D eigenvalue weighted by Crippen LogP contribution is 1.93. The van der Waals surface area contributed by atoms with Gasteiger partial charge in [0.05, 0.1) is 0 Å². The molecular weight excluding hydrogens is 220 g/mol. The summed E-state index contributed by atoms with van der Waals surface area (Å²) < 4.78 is 0. The molecule has 0 aromatic heterocycles. The van der Waals surface area contributed by atoms with Crippen molar-refractivity contribution in [2.75, 3.05) is 39.3 Å². The third-order valence-electron chi connectivity index (χ3n) is 3.44. The van der Waals surface area contributed by atoms with Crippen molar-refractivity contribution in [3.8, 4) is 0 Å². The molecule has 0 heterocycles. The maximum absolute atomic E-state index is 2.46. The average molecular weight is 258 g/mol. The number of hydrogen-bond donors (Lipinski definition) is 0. The lowest BCUT2D eigenvalue weighted by atomic mass is 10.3. The van der Waals surface area contributed by atoms with Crippen molar-refractivity contribution in [2.45, 2.75) is 67.2 Å². The predicted octanol–water partition coefficient (Wildman–Crippen LogP) is 4.26. The average Bonchev–Trinajstić information content (AvgIpc) is 2.42. The zero-order valence-corrected chi connectivity index (χ0v) is 14.0. The van der Waals surface area contributed by atoms with Gasteiger partial charge in [-0.3, -0.25) is 0 Å². The minimum atomic E-state index is 1.20. The van der Waals surface area contributed by atoms with E-state index in [2.05, 4.69) is 51.3 Å². The van der Waals surface area contributed by atoms with Crippen LogP contribution in [0.5, 0.6) is 0 Å². The lowest BCUT2D eigenvalue weighted by Crippen LogP contribution is -2.23. The molecule has 0 aliphatic rings. The number of unbranched alkanes of at least 4 members (excludes halogenated alkanes) is 2. The fraction of sp³-hybridized carbons (Fsp3) is 1.00. The van der Waals surface area contributed by atoms with Crippen LogP contribution in [-0.4, -0.2) is 49.1 Å². The highest BCUT2D eigenvalue weighted by molar-refractivity contribution is 4.50. The Balaban J connectivity index is 0. The monoisotopic (exact) mass is 258 g/mol. The molecule has 112 valence electrons. The van der Waals surface area contributed by atoms with Gasteiger partial charge in [0.2, 0.25) is 0 Å². The second-order valence-electron chi connectivity index (χ2n) is 4.76. The van der Waals surface area contributed by atoms with Crippen molar-refractivity contribution in [1.29, 1.82) is 0 Å². The van der Waals surface area contributed by atoms with Gasteiger partial charge in [-0.2, -0.15) is 0 Å². The molecule has 0 N–H and O–H groups in total. The number of hydrogen-bond acceptors (Lipinski definition) is 2. The molecule has 0 aromatic rings.